The third-order valence-corrected chi connectivity index (χ3v) is 3.88. The molecule has 0 fully saturated rings. The molecule has 0 N–H and O–H groups in total. The predicted molar refractivity (Wildman–Crippen MR) is 74.5 cm³/mol. The van der Waals surface area contributed by atoms with Crippen molar-refractivity contribution in [2.75, 3.05) is 0 Å². The van der Waals surface area contributed by atoms with Gasteiger partial charge in [0.25, 0.3) is 0 Å². The topological polar surface area (TPSA) is 30.7 Å². The molecule has 3 nitrogen and oxygen atoms in total. The Labute approximate surface area is 110 Å². The van der Waals surface area contributed by atoms with E-state index < -0.39 is 0 Å². The Morgan fingerprint density at radius 1 is 1.11 bits per heavy atom. The number of aryl methyl sites for hydroxylation is 1. The molecule has 0 amide bonds. The summed E-state index contributed by atoms with van der Waals surface area (Å²) in [7, 11) is 2.05. The minimum absolute atomic E-state index is 0.845. The lowest BCUT2D eigenvalue weighted by Gasteiger charge is -2.01. The van der Waals surface area contributed by atoms with Crippen LogP contribution in [0.3, 0.4) is 0 Å². The summed E-state index contributed by atoms with van der Waals surface area (Å²) in [4.78, 5) is 8.94. The zero-order chi connectivity index (χ0) is 12.4. The lowest BCUT2D eigenvalue weighted by atomic mass is 10.3. The molecule has 0 unspecified atom stereocenters. The van der Waals surface area contributed by atoms with Crippen molar-refractivity contribution in [3.63, 3.8) is 0 Å². The van der Waals surface area contributed by atoms with E-state index in [9.17, 15) is 0 Å². The van der Waals surface area contributed by atoms with Crippen LogP contribution in [0, 0.1) is 0 Å². The van der Waals surface area contributed by atoms with E-state index in [1.54, 1.807) is 11.8 Å². The van der Waals surface area contributed by atoms with Crippen LogP contribution in [0.1, 0.15) is 5.69 Å². The van der Waals surface area contributed by atoms with Crippen molar-refractivity contribution in [1.29, 1.82) is 0 Å². The van der Waals surface area contributed by atoms with Gasteiger partial charge in [-0.25, -0.2) is 4.98 Å². The number of benzene rings is 1. The van der Waals surface area contributed by atoms with Gasteiger partial charge >= 0.3 is 0 Å². The van der Waals surface area contributed by atoms with E-state index in [2.05, 4.69) is 27.6 Å². The van der Waals surface area contributed by atoms with Crippen molar-refractivity contribution in [2.24, 2.45) is 7.05 Å². The van der Waals surface area contributed by atoms with Crippen LogP contribution in [0.25, 0.3) is 11.0 Å². The van der Waals surface area contributed by atoms with E-state index in [1.807, 2.05) is 42.6 Å². The van der Waals surface area contributed by atoms with Gasteiger partial charge in [0.2, 0.25) is 0 Å². The molecular formula is C14H13N3S. The zero-order valence-corrected chi connectivity index (χ0v) is 10.9. The molecule has 1 aromatic carbocycles. The molecule has 90 valence electrons. The Morgan fingerprint density at radius 2 is 1.94 bits per heavy atom. The summed E-state index contributed by atoms with van der Waals surface area (Å²) in [6, 6.07) is 14.2. The second-order valence-corrected chi connectivity index (χ2v) is 4.99. The smallest absolute Gasteiger partial charge is 0.169 e. The van der Waals surface area contributed by atoms with Gasteiger partial charge in [0.1, 0.15) is 0 Å². The molecule has 0 spiro atoms. The first-order valence-electron chi connectivity index (χ1n) is 5.79. The number of hydrogen-bond acceptors (Lipinski definition) is 3. The average molecular weight is 255 g/mol. The molecule has 3 aromatic rings. The Hall–Kier alpha value is -1.81. The highest BCUT2D eigenvalue weighted by Gasteiger charge is 2.07. The highest BCUT2D eigenvalue weighted by Crippen LogP contribution is 2.24. The maximum absolute atomic E-state index is 4.63. The van der Waals surface area contributed by atoms with Crippen molar-refractivity contribution in [3.8, 4) is 0 Å². The third kappa shape index (κ3) is 2.11. The van der Waals surface area contributed by atoms with Crippen LogP contribution in [0.5, 0.6) is 0 Å². The van der Waals surface area contributed by atoms with Gasteiger partial charge in [-0.3, -0.25) is 4.98 Å². The largest absolute Gasteiger partial charge is 0.322 e. The molecule has 0 radical (unpaired) electrons. The van der Waals surface area contributed by atoms with Gasteiger partial charge in [-0.2, -0.15) is 0 Å². The zero-order valence-electron chi connectivity index (χ0n) is 10.1. The summed E-state index contributed by atoms with van der Waals surface area (Å²) >= 11 is 1.72. The van der Waals surface area contributed by atoms with Crippen LogP contribution in [-0.4, -0.2) is 14.5 Å². The van der Waals surface area contributed by atoms with Gasteiger partial charge in [0.15, 0.2) is 5.16 Å². The molecule has 0 atom stereocenters. The fraction of sp³-hybridized carbons (Fsp3) is 0.143. The molecule has 0 aliphatic rings. The minimum atomic E-state index is 0.845. The molecular weight excluding hydrogens is 242 g/mol. The van der Waals surface area contributed by atoms with E-state index in [4.69, 9.17) is 0 Å². The number of imidazole rings is 1. The molecule has 0 aliphatic carbocycles. The number of fused-ring (bicyclic) bond motifs is 1. The lowest BCUT2D eigenvalue weighted by Crippen LogP contribution is -1.92. The standard InChI is InChI=1S/C14H13N3S/c1-17-13-8-3-2-7-12(13)16-14(17)18-10-11-6-4-5-9-15-11/h2-9H,10H2,1H3. The quantitative estimate of drug-likeness (QED) is 0.673. The summed E-state index contributed by atoms with van der Waals surface area (Å²) in [5, 5.41) is 1.03. The molecule has 2 aromatic heterocycles. The van der Waals surface area contributed by atoms with E-state index in [0.717, 1.165) is 22.1 Å². The average Bonchev–Trinajstić information content (AvgIpc) is 2.75. The van der Waals surface area contributed by atoms with Gasteiger partial charge in [0, 0.05) is 19.0 Å². The molecule has 0 bridgehead atoms. The van der Waals surface area contributed by atoms with Crippen LogP contribution < -0.4 is 0 Å². The molecule has 3 rings (SSSR count). The molecule has 18 heavy (non-hydrogen) atoms. The monoisotopic (exact) mass is 255 g/mol. The number of rotatable bonds is 3. The fourth-order valence-corrected chi connectivity index (χ4v) is 2.78. The minimum Gasteiger partial charge on any atom is -0.322 e. The first-order valence-corrected chi connectivity index (χ1v) is 6.77. The number of hydrogen-bond donors (Lipinski definition) is 0. The van der Waals surface area contributed by atoms with Gasteiger partial charge in [-0.05, 0) is 24.3 Å². The van der Waals surface area contributed by atoms with E-state index in [-0.39, 0.29) is 0 Å². The van der Waals surface area contributed by atoms with Crippen molar-refractivity contribution < 1.29 is 0 Å². The van der Waals surface area contributed by atoms with Crippen LogP contribution in [0.15, 0.2) is 53.8 Å². The Bertz CT molecular complexity index is 661. The first kappa shape index (κ1) is 11.3. The number of aromatic nitrogens is 3. The van der Waals surface area contributed by atoms with Gasteiger partial charge in [-0.15, -0.1) is 0 Å². The highest BCUT2D eigenvalue weighted by atomic mass is 32.2. The number of pyridine rings is 1. The van der Waals surface area contributed by atoms with Crippen molar-refractivity contribution in [1.82, 2.24) is 14.5 Å². The summed E-state index contributed by atoms with van der Waals surface area (Å²) in [5.74, 6) is 0.845. The molecule has 0 saturated carbocycles. The molecule has 2 heterocycles. The second-order valence-electron chi connectivity index (χ2n) is 4.05. The number of nitrogens with zero attached hydrogens (tertiary/aromatic N) is 3. The predicted octanol–water partition coefficient (Wildman–Crippen LogP) is 3.26. The summed E-state index contributed by atoms with van der Waals surface area (Å²) < 4.78 is 2.13. The lowest BCUT2D eigenvalue weighted by molar-refractivity contribution is 0.814. The summed E-state index contributed by atoms with van der Waals surface area (Å²) in [5.41, 5.74) is 3.29. The fourth-order valence-electron chi connectivity index (χ4n) is 1.87. The van der Waals surface area contributed by atoms with Gasteiger partial charge in [0.05, 0.1) is 16.7 Å². The third-order valence-electron chi connectivity index (χ3n) is 2.82. The van der Waals surface area contributed by atoms with Crippen molar-refractivity contribution >= 4 is 22.8 Å². The Kier molecular flexibility index (Phi) is 3.02. The van der Waals surface area contributed by atoms with E-state index in [1.165, 1.54) is 5.52 Å². The van der Waals surface area contributed by atoms with Crippen LogP contribution in [0.4, 0.5) is 0 Å². The van der Waals surface area contributed by atoms with Crippen molar-refractivity contribution in [3.05, 3.63) is 54.4 Å². The summed E-state index contributed by atoms with van der Waals surface area (Å²) in [6.07, 6.45) is 1.82. The number of thioether (sulfide) groups is 1. The SMILES string of the molecule is Cn1c(SCc2ccccn2)nc2ccccc21. The molecule has 4 heteroatoms. The van der Waals surface area contributed by atoms with E-state index in [0.29, 0.717) is 0 Å². The maximum Gasteiger partial charge on any atom is 0.169 e. The highest BCUT2D eigenvalue weighted by molar-refractivity contribution is 7.98. The maximum atomic E-state index is 4.63. The Morgan fingerprint density at radius 3 is 2.72 bits per heavy atom. The van der Waals surface area contributed by atoms with Gasteiger partial charge < -0.3 is 4.57 Å². The molecule has 0 saturated heterocycles. The second kappa shape index (κ2) is 4.82. The normalized spacial score (nSPS) is 10.9. The van der Waals surface area contributed by atoms with Crippen molar-refractivity contribution in [2.45, 2.75) is 10.9 Å². The Balaban J connectivity index is 1.85. The van der Waals surface area contributed by atoms with Crippen LogP contribution in [-0.2, 0) is 12.8 Å². The van der Waals surface area contributed by atoms with Gasteiger partial charge in [-0.1, -0.05) is 30.0 Å². The molecule has 0 aliphatic heterocycles. The van der Waals surface area contributed by atoms with Crippen LogP contribution in [0.2, 0.25) is 0 Å². The summed E-state index contributed by atoms with van der Waals surface area (Å²) in [6.45, 7) is 0. The van der Waals surface area contributed by atoms with Crippen LogP contribution >= 0.6 is 11.8 Å². The first-order chi connectivity index (χ1) is 8.84. The van der Waals surface area contributed by atoms with E-state index >= 15 is 0 Å². The number of para-hydroxylation sites is 2.